The summed E-state index contributed by atoms with van der Waals surface area (Å²) < 4.78 is 14.8. The lowest BCUT2D eigenvalue weighted by atomic mass is 10.1. The molecule has 1 fully saturated rings. The minimum atomic E-state index is -1.07. The van der Waals surface area contributed by atoms with Crippen molar-refractivity contribution in [1.29, 1.82) is 0 Å². The summed E-state index contributed by atoms with van der Waals surface area (Å²) in [5.74, 6) is -0.691. The Hall–Kier alpha value is -3.40. The van der Waals surface area contributed by atoms with Crippen molar-refractivity contribution in [2.75, 3.05) is 10.6 Å². The number of carbonyl (C=O) groups excluding carboxylic acids is 1. The molecule has 10 heteroatoms. The Kier molecular flexibility index (Phi) is 5.64. The fraction of sp³-hybridized carbons (Fsp3) is 0.381. The topological polar surface area (TPSA) is 118 Å². The first-order valence-electron chi connectivity index (χ1n) is 10.1. The molecule has 31 heavy (non-hydrogen) atoms. The number of aromatic nitrogens is 5. The van der Waals surface area contributed by atoms with Crippen LogP contribution in [0.25, 0.3) is 11.4 Å². The van der Waals surface area contributed by atoms with Gasteiger partial charge in [-0.1, -0.05) is 6.92 Å². The van der Waals surface area contributed by atoms with Gasteiger partial charge < -0.3 is 15.7 Å². The number of hydrogen-bond donors (Lipinski definition) is 3. The van der Waals surface area contributed by atoms with Crippen molar-refractivity contribution in [3.05, 3.63) is 42.1 Å². The molecule has 3 atom stereocenters. The smallest absolute Gasteiger partial charge is 0.231 e. The molecule has 162 valence electrons. The molecule has 1 unspecified atom stereocenters. The van der Waals surface area contributed by atoms with Crippen molar-refractivity contribution < 1.29 is 14.3 Å². The lowest BCUT2D eigenvalue weighted by Gasteiger charge is -2.13. The number of aryl methyl sites for hydroxylation is 2. The number of amides is 1. The third-order valence-electron chi connectivity index (χ3n) is 5.17. The number of nitrogens with one attached hydrogen (secondary N) is 2. The van der Waals surface area contributed by atoms with Crippen molar-refractivity contribution in [2.24, 2.45) is 13.0 Å². The van der Waals surface area contributed by atoms with Crippen LogP contribution in [-0.2, 0) is 11.8 Å². The van der Waals surface area contributed by atoms with Crippen molar-refractivity contribution in [1.82, 2.24) is 24.7 Å². The Labute approximate surface area is 178 Å². The third kappa shape index (κ3) is 4.53. The van der Waals surface area contributed by atoms with E-state index in [1.165, 1.54) is 6.33 Å². The molecule has 0 bridgehead atoms. The number of carbonyl (C=O) groups is 1. The number of pyridine rings is 1. The van der Waals surface area contributed by atoms with Gasteiger partial charge in [-0.15, -0.1) is 0 Å². The average molecular weight is 425 g/mol. The van der Waals surface area contributed by atoms with E-state index in [9.17, 15) is 14.3 Å². The minimum absolute atomic E-state index is 0.250. The maximum absolute atomic E-state index is 13.1. The Bertz CT molecular complexity index is 1120. The first-order chi connectivity index (χ1) is 14.9. The van der Waals surface area contributed by atoms with Gasteiger partial charge in [-0.05, 0) is 31.4 Å². The summed E-state index contributed by atoms with van der Waals surface area (Å²) in [6.07, 6.45) is 3.98. The van der Waals surface area contributed by atoms with E-state index in [0.717, 1.165) is 11.3 Å². The van der Waals surface area contributed by atoms with Gasteiger partial charge in [-0.3, -0.25) is 14.5 Å². The van der Waals surface area contributed by atoms with Crippen LogP contribution in [0, 0.1) is 12.8 Å². The van der Waals surface area contributed by atoms with Crippen LogP contribution in [0.5, 0.6) is 0 Å². The summed E-state index contributed by atoms with van der Waals surface area (Å²) in [5.41, 5.74) is 4.08. The van der Waals surface area contributed by atoms with E-state index >= 15 is 0 Å². The van der Waals surface area contributed by atoms with Crippen LogP contribution in [0.3, 0.4) is 0 Å². The predicted molar refractivity (Wildman–Crippen MR) is 113 cm³/mol. The van der Waals surface area contributed by atoms with Gasteiger partial charge in [0.15, 0.2) is 0 Å². The van der Waals surface area contributed by atoms with E-state index < -0.39 is 18.2 Å². The van der Waals surface area contributed by atoms with Gasteiger partial charge in [0, 0.05) is 19.3 Å². The summed E-state index contributed by atoms with van der Waals surface area (Å²) in [4.78, 5) is 24.7. The number of aliphatic hydroxyl groups excluding tert-OH is 1. The number of alkyl halides is 1. The number of aliphatic hydroxyl groups is 1. The molecule has 4 rings (SSSR count). The molecule has 1 amide bonds. The highest BCUT2D eigenvalue weighted by molar-refractivity contribution is 5.94. The second kappa shape index (κ2) is 8.38. The fourth-order valence-corrected chi connectivity index (χ4v) is 3.22. The van der Waals surface area contributed by atoms with E-state index in [-0.39, 0.29) is 12.3 Å². The first kappa shape index (κ1) is 20.9. The molecule has 3 aromatic rings. The SMILES string of the molecule is CCC(O)c1cc(C)c(Nc2cn(C)nc2-c2cc(NC(=O)[C@H]3C[C@H]3F)ncn2)cn1. The molecule has 0 aliphatic heterocycles. The summed E-state index contributed by atoms with van der Waals surface area (Å²) in [7, 11) is 1.79. The maximum atomic E-state index is 13.1. The molecule has 3 aromatic heterocycles. The van der Waals surface area contributed by atoms with Crippen molar-refractivity contribution >= 4 is 23.1 Å². The Morgan fingerprint density at radius 1 is 1.32 bits per heavy atom. The second-order valence-electron chi connectivity index (χ2n) is 7.67. The highest BCUT2D eigenvalue weighted by atomic mass is 19.1. The Morgan fingerprint density at radius 3 is 2.77 bits per heavy atom. The molecule has 0 aromatic carbocycles. The molecule has 3 heterocycles. The zero-order valence-corrected chi connectivity index (χ0v) is 17.5. The van der Waals surface area contributed by atoms with E-state index in [1.54, 1.807) is 24.0 Å². The summed E-state index contributed by atoms with van der Waals surface area (Å²) in [6.45, 7) is 3.83. The van der Waals surface area contributed by atoms with E-state index in [4.69, 9.17) is 0 Å². The standard InChI is InChI=1S/C21H24FN7O2/c1-4-18(30)14-5-11(2)16(8-23-14)26-17-9-29(3)28-20(17)15-7-19(25-10-24-15)27-21(31)12-6-13(12)22/h5,7-10,12-13,18,26,30H,4,6H2,1-3H3,(H,24,25,27,31)/t12-,13+,18?/m0/s1. The molecular weight excluding hydrogens is 401 g/mol. The lowest BCUT2D eigenvalue weighted by Crippen LogP contribution is -2.16. The third-order valence-corrected chi connectivity index (χ3v) is 5.17. The quantitative estimate of drug-likeness (QED) is 0.532. The molecule has 0 saturated heterocycles. The van der Waals surface area contributed by atoms with E-state index in [1.807, 2.05) is 26.1 Å². The van der Waals surface area contributed by atoms with Gasteiger partial charge in [0.25, 0.3) is 0 Å². The van der Waals surface area contributed by atoms with Crippen molar-refractivity contribution in [3.8, 4) is 11.4 Å². The fourth-order valence-electron chi connectivity index (χ4n) is 3.22. The number of nitrogens with zero attached hydrogens (tertiary/aromatic N) is 5. The average Bonchev–Trinajstić information content (AvgIpc) is 3.38. The van der Waals surface area contributed by atoms with Crippen molar-refractivity contribution in [2.45, 2.75) is 39.0 Å². The van der Waals surface area contributed by atoms with E-state index in [0.29, 0.717) is 35.0 Å². The van der Waals surface area contributed by atoms with Crippen LogP contribution in [0.4, 0.5) is 21.6 Å². The van der Waals surface area contributed by atoms with Crippen LogP contribution in [-0.4, -0.2) is 41.9 Å². The molecule has 0 radical (unpaired) electrons. The molecule has 0 spiro atoms. The van der Waals surface area contributed by atoms with Gasteiger partial charge in [0.1, 0.15) is 24.0 Å². The minimum Gasteiger partial charge on any atom is -0.387 e. The Balaban J connectivity index is 1.58. The zero-order chi connectivity index (χ0) is 22.1. The van der Waals surface area contributed by atoms with Crippen LogP contribution < -0.4 is 10.6 Å². The molecule has 9 nitrogen and oxygen atoms in total. The summed E-state index contributed by atoms with van der Waals surface area (Å²) in [5, 5.41) is 20.4. The number of halogens is 1. The zero-order valence-electron chi connectivity index (χ0n) is 17.5. The summed E-state index contributed by atoms with van der Waals surface area (Å²) >= 11 is 0. The number of hydrogen-bond acceptors (Lipinski definition) is 7. The molecule has 1 saturated carbocycles. The molecule has 1 aliphatic rings. The van der Waals surface area contributed by atoms with Crippen LogP contribution in [0.2, 0.25) is 0 Å². The predicted octanol–water partition coefficient (Wildman–Crippen LogP) is 3.06. The monoisotopic (exact) mass is 425 g/mol. The van der Waals surface area contributed by atoms with Gasteiger partial charge in [-0.25, -0.2) is 14.4 Å². The molecule has 1 aliphatic carbocycles. The van der Waals surface area contributed by atoms with Crippen LogP contribution >= 0.6 is 0 Å². The van der Waals surface area contributed by atoms with Crippen LogP contribution in [0.15, 0.2) is 30.9 Å². The number of anilines is 3. The van der Waals surface area contributed by atoms with E-state index in [2.05, 4.69) is 30.7 Å². The van der Waals surface area contributed by atoms with Crippen molar-refractivity contribution in [3.63, 3.8) is 0 Å². The van der Waals surface area contributed by atoms with Gasteiger partial charge in [0.2, 0.25) is 5.91 Å². The second-order valence-corrected chi connectivity index (χ2v) is 7.67. The lowest BCUT2D eigenvalue weighted by molar-refractivity contribution is -0.117. The Morgan fingerprint density at radius 2 is 2.10 bits per heavy atom. The number of rotatable bonds is 7. The van der Waals surface area contributed by atoms with Crippen LogP contribution in [0.1, 0.15) is 37.1 Å². The van der Waals surface area contributed by atoms with Gasteiger partial charge >= 0.3 is 0 Å². The van der Waals surface area contributed by atoms with Gasteiger partial charge in [0.05, 0.1) is 41.0 Å². The maximum Gasteiger partial charge on any atom is 0.231 e. The normalized spacial score (nSPS) is 18.5. The highest BCUT2D eigenvalue weighted by Crippen LogP contribution is 2.35. The molecule has 3 N–H and O–H groups in total. The largest absolute Gasteiger partial charge is 0.387 e. The summed E-state index contributed by atoms with van der Waals surface area (Å²) in [6, 6.07) is 3.45. The highest BCUT2D eigenvalue weighted by Gasteiger charge is 2.43. The van der Waals surface area contributed by atoms with Gasteiger partial charge in [-0.2, -0.15) is 5.10 Å². The molecular formula is C21H24FN7O2. The first-order valence-corrected chi connectivity index (χ1v) is 10.1.